The maximum atomic E-state index is 13.0. The molecule has 170 valence electrons. The van der Waals surface area contributed by atoms with E-state index in [2.05, 4.69) is 21.2 Å². The molecule has 0 heterocycles. The first-order valence-electron chi connectivity index (χ1n) is 8.83. The quantitative estimate of drug-likeness (QED) is 0.165. The number of halogens is 9. The molecule has 0 amide bonds. The van der Waals surface area contributed by atoms with Gasteiger partial charge in [0.05, 0.1) is 32.7 Å². The first-order chi connectivity index (χ1) is 14.2. The Bertz CT molecular complexity index is 916. The molecule has 0 aromatic heterocycles. The Morgan fingerprint density at radius 1 is 0.968 bits per heavy atom. The standard InChI is InChI=1S/C20H16BrCl2F6NO/c1-10(11-2-3-15(22)16(23)7-11)4-18(21)30-9-17(31)12-5-13(19(24,25)26)8-14(6-12)20(27,28)29/h2-3,5-8,10,18,30H,4,9H2,1H3. The summed E-state index contributed by atoms with van der Waals surface area (Å²) in [5, 5.41) is 3.55. The van der Waals surface area contributed by atoms with E-state index in [1.807, 2.05) is 6.92 Å². The largest absolute Gasteiger partial charge is 0.416 e. The predicted molar refractivity (Wildman–Crippen MR) is 111 cm³/mol. The van der Waals surface area contributed by atoms with Crippen molar-refractivity contribution in [1.82, 2.24) is 5.32 Å². The summed E-state index contributed by atoms with van der Waals surface area (Å²) in [6.45, 7) is 1.43. The van der Waals surface area contributed by atoms with Crippen LogP contribution in [-0.2, 0) is 12.4 Å². The fourth-order valence-corrected chi connectivity index (χ4v) is 3.80. The average molecular weight is 551 g/mol. The van der Waals surface area contributed by atoms with Crippen molar-refractivity contribution < 1.29 is 31.1 Å². The molecule has 1 N–H and O–H groups in total. The van der Waals surface area contributed by atoms with Gasteiger partial charge in [-0.05, 0) is 48.2 Å². The Labute approximate surface area is 193 Å². The number of benzene rings is 2. The summed E-state index contributed by atoms with van der Waals surface area (Å²) in [5.74, 6) is -0.935. The molecule has 2 aromatic rings. The van der Waals surface area contributed by atoms with Crippen LogP contribution in [0.4, 0.5) is 26.3 Å². The van der Waals surface area contributed by atoms with E-state index in [4.69, 9.17) is 23.2 Å². The normalized spacial score (nSPS) is 14.4. The van der Waals surface area contributed by atoms with Gasteiger partial charge in [-0.15, -0.1) is 0 Å². The lowest BCUT2D eigenvalue weighted by Crippen LogP contribution is -2.30. The van der Waals surface area contributed by atoms with Crippen molar-refractivity contribution in [3.05, 3.63) is 68.7 Å². The van der Waals surface area contributed by atoms with Crippen LogP contribution in [0.5, 0.6) is 0 Å². The zero-order valence-electron chi connectivity index (χ0n) is 15.8. The zero-order chi connectivity index (χ0) is 23.6. The van der Waals surface area contributed by atoms with Gasteiger partial charge in [-0.1, -0.05) is 52.1 Å². The zero-order valence-corrected chi connectivity index (χ0v) is 18.9. The summed E-state index contributed by atoms with van der Waals surface area (Å²) in [7, 11) is 0. The topological polar surface area (TPSA) is 29.1 Å². The number of alkyl halides is 7. The molecule has 0 saturated heterocycles. The molecule has 0 aliphatic rings. The minimum atomic E-state index is -5.02. The summed E-state index contributed by atoms with van der Waals surface area (Å²) in [6, 6.07) is 5.94. The van der Waals surface area contributed by atoms with Crippen LogP contribution in [-0.4, -0.2) is 17.3 Å². The average Bonchev–Trinajstić information content (AvgIpc) is 2.66. The van der Waals surface area contributed by atoms with Crippen molar-refractivity contribution in [2.75, 3.05) is 6.54 Å². The molecule has 0 aliphatic carbocycles. The molecule has 31 heavy (non-hydrogen) atoms. The first kappa shape index (κ1) is 26.0. The molecule has 2 rings (SSSR count). The summed E-state index contributed by atoms with van der Waals surface area (Å²) in [5.41, 5.74) is -2.87. The van der Waals surface area contributed by atoms with E-state index >= 15 is 0 Å². The van der Waals surface area contributed by atoms with Crippen molar-refractivity contribution >= 4 is 44.9 Å². The smallest absolute Gasteiger partial charge is 0.298 e. The summed E-state index contributed by atoms with van der Waals surface area (Å²) in [6.07, 6.45) is -9.57. The van der Waals surface area contributed by atoms with Gasteiger partial charge in [-0.2, -0.15) is 26.3 Å². The van der Waals surface area contributed by atoms with E-state index in [1.54, 1.807) is 18.2 Å². The molecule has 2 aromatic carbocycles. The number of hydrogen-bond donors (Lipinski definition) is 1. The van der Waals surface area contributed by atoms with Gasteiger partial charge >= 0.3 is 12.4 Å². The van der Waals surface area contributed by atoms with E-state index in [9.17, 15) is 31.1 Å². The van der Waals surface area contributed by atoms with Gasteiger partial charge in [0.15, 0.2) is 5.78 Å². The highest BCUT2D eigenvalue weighted by molar-refractivity contribution is 9.09. The summed E-state index contributed by atoms with van der Waals surface area (Å²) >= 11 is 15.2. The number of nitrogens with one attached hydrogen (secondary N) is 1. The fourth-order valence-electron chi connectivity index (χ4n) is 2.77. The Kier molecular flexibility index (Phi) is 8.46. The number of hydrogen-bond acceptors (Lipinski definition) is 2. The van der Waals surface area contributed by atoms with Crippen LogP contribution >= 0.6 is 39.1 Å². The van der Waals surface area contributed by atoms with E-state index in [-0.39, 0.29) is 12.0 Å². The van der Waals surface area contributed by atoms with Crippen LogP contribution in [0.25, 0.3) is 0 Å². The van der Waals surface area contributed by atoms with Gasteiger partial charge in [-0.3, -0.25) is 10.1 Å². The van der Waals surface area contributed by atoms with Gasteiger partial charge in [0, 0.05) is 5.56 Å². The van der Waals surface area contributed by atoms with Crippen LogP contribution in [0, 0.1) is 0 Å². The third-order valence-electron chi connectivity index (χ3n) is 4.47. The number of ketones is 1. The minimum Gasteiger partial charge on any atom is -0.298 e. The van der Waals surface area contributed by atoms with Crippen LogP contribution in [0.3, 0.4) is 0 Å². The predicted octanol–water partition coefficient (Wildman–Crippen LogP) is 7.72. The van der Waals surface area contributed by atoms with Gasteiger partial charge in [0.2, 0.25) is 0 Å². The lowest BCUT2D eigenvalue weighted by molar-refractivity contribution is -0.143. The van der Waals surface area contributed by atoms with Crippen molar-refractivity contribution in [2.24, 2.45) is 0 Å². The molecule has 2 atom stereocenters. The monoisotopic (exact) mass is 549 g/mol. The molecule has 0 aliphatic heterocycles. The first-order valence-corrected chi connectivity index (χ1v) is 10.5. The lowest BCUT2D eigenvalue weighted by Gasteiger charge is -2.18. The number of Topliss-reactive ketones (excluding diaryl/α,β-unsaturated/α-hetero) is 1. The van der Waals surface area contributed by atoms with Crippen LogP contribution < -0.4 is 5.32 Å². The van der Waals surface area contributed by atoms with Crippen LogP contribution in [0.15, 0.2) is 36.4 Å². The molecular formula is C20H16BrCl2F6NO. The molecule has 0 saturated carbocycles. The molecule has 11 heteroatoms. The second-order valence-electron chi connectivity index (χ2n) is 6.88. The Morgan fingerprint density at radius 2 is 1.52 bits per heavy atom. The highest BCUT2D eigenvalue weighted by Crippen LogP contribution is 2.36. The Morgan fingerprint density at radius 3 is 2.00 bits per heavy atom. The second kappa shape index (κ2) is 10.1. The molecule has 0 bridgehead atoms. The van der Waals surface area contributed by atoms with Gasteiger partial charge in [0.1, 0.15) is 0 Å². The van der Waals surface area contributed by atoms with E-state index in [1.165, 1.54) is 0 Å². The number of carbonyl (C=O) groups is 1. The van der Waals surface area contributed by atoms with Crippen molar-refractivity contribution in [2.45, 2.75) is 36.6 Å². The molecule has 0 radical (unpaired) electrons. The summed E-state index contributed by atoms with van der Waals surface area (Å²) < 4.78 is 77.7. The molecular weight excluding hydrogens is 535 g/mol. The van der Waals surface area contributed by atoms with Crippen molar-refractivity contribution in [1.29, 1.82) is 0 Å². The maximum Gasteiger partial charge on any atom is 0.416 e. The molecule has 2 nitrogen and oxygen atoms in total. The van der Waals surface area contributed by atoms with Gasteiger partial charge in [0.25, 0.3) is 0 Å². The highest BCUT2D eigenvalue weighted by atomic mass is 79.9. The van der Waals surface area contributed by atoms with Crippen molar-refractivity contribution in [3.8, 4) is 0 Å². The third-order valence-corrected chi connectivity index (χ3v) is 5.90. The van der Waals surface area contributed by atoms with E-state index in [0.717, 1.165) is 5.56 Å². The lowest BCUT2D eigenvalue weighted by atomic mass is 9.98. The maximum absolute atomic E-state index is 13.0. The summed E-state index contributed by atoms with van der Waals surface area (Å²) in [4.78, 5) is 11.9. The number of rotatable bonds is 7. The van der Waals surface area contributed by atoms with Gasteiger partial charge in [-0.25, -0.2) is 0 Å². The van der Waals surface area contributed by atoms with Crippen molar-refractivity contribution in [3.63, 3.8) is 0 Å². The minimum absolute atomic E-state index is 0.0174. The van der Waals surface area contributed by atoms with E-state index in [0.29, 0.717) is 28.6 Å². The fraction of sp³-hybridized carbons (Fsp3) is 0.350. The molecule has 2 unspecified atom stereocenters. The Hall–Kier alpha value is -1.29. The third kappa shape index (κ3) is 7.37. The van der Waals surface area contributed by atoms with Crippen LogP contribution in [0.1, 0.15) is 46.3 Å². The Balaban J connectivity index is 2.08. The highest BCUT2D eigenvalue weighted by Gasteiger charge is 2.37. The van der Waals surface area contributed by atoms with Crippen LogP contribution in [0.2, 0.25) is 10.0 Å². The SMILES string of the molecule is CC(CC(Br)NCC(=O)c1cc(C(F)(F)F)cc(C(F)(F)F)c1)c1ccc(Cl)c(Cl)c1. The second-order valence-corrected chi connectivity index (χ2v) is 8.80. The number of carbonyl (C=O) groups excluding carboxylic acids is 1. The molecule has 0 fully saturated rings. The molecule has 0 spiro atoms. The van der Waals surface area contributed by atoms with Gasteiger partial charge < -0.3 is 0 Å². The van der Waals surface area contributed by atoms with E-state index < -0.39 is 46.3 Å².